The van der Waals surface area contributed by atoms with Gasteiger partial charge in [-0.05, 0) is 119 Å². The Bertz CT molecular complexity index is 1750. The lowest BCUT2D eigenvalue weighted by Crippen LogP contribution is -2.12. The SMILES string of the molecule is CCCOc1c2cc(C(=O)F)cc1Cc1cc(C(=O)F)cc(c1OCCC)Cc1cc(C(=O)F)cc(c1OCCC)Cc1cc(C(=O)F)cc(c1OCCC)C2. The third-order valence-electron chi connectivity index (χ3n) is 9.20. The molecule has 8 nitrogen and oxygen atoms in total. The summed E-state index contributed by atoms with van der Waals surface area (Å²) in [5.74, 6) is 1.04. The summed E-state index contributed by atoms with van der Waals surface area (Å²) in [6.45, 7) is 8.33. The molecule has 0 saturated carbocycles. The van der Waals surface area contributed by atoms with E-state index in [1.807, 2.05) is 27.7 Å². The molecule has 0 aromatic heterocycles. The van der Waals surface area contributed by atoms with E-state index in [2.05, 4.69) is 0 Å². The average Bonchev–Trinajstić information content (AvgIpc) is 3.15. The second-order valence-corrected chi connectivity index (χ2v) is 13.7. The van der Waals surface area contributed by atoms with Crippen molar-refractivity contribution in [2.45, 2.75) is 79.1 Å². The van der Waals surface area contributed by atoms with Gasteiger partial charge in [0.15, 0.2) is 0 Å². The fourth-order valence-corrected chi connectivity index (χ4v) is 6.90. The smallest absolute Gasteiger partial charge is 0.332 e. The number of hydrogen-bond acceptors (Lipinski definition) is 8. The zero-order chi connectivity index (χ0) is 40.5. The number of halogens is 4. The summed E-state index contributed by atoms with van der Waals surface area (Å²) in [5.41, 5.74) is 1.11. The second kappa shape index (κ2) is 18.9. The van der Waals surface area contributed by atoms with Gasteiger partial charge in [-0.3, -0.25) is 19.2 Å². The molecule has 4 aromatic carbocycles. The van der Waals surface area contributed by atoms with E-state index in [0.717, 1.165) is 0 Å². The maximum absolute atomic E-state index is 14.7. The van der Waals surface area contributed by atoms with Crippen LogP contribution in [0.1, 0.15) is 139 Å². The van der Waals surface area contributed by atoms with Crippen LogP contribution in [0.15, 0.2) is 48.5 Å². The van der Waals surface area contributed by atoms with Crippen molar-refractivity contribution in [3.8, 4) is 23.0 Å². The molecule has 56 heavy (non-hydrogen) atoms. The lowest BCUT2D eigenvalue weighted by Gasteiger charge is -2.24. The molecule has 0 amide bonds. The fraction of sp³-hybridized carbons (Fsp3) is 0.364. The largest absolute Gasteiger partial charge is 0.493 e. The van der Waals surface area contributed by atoms with E-state index in [0.29, 0.717) is 70.2 Å². The summed E-state index contributed by atoms with van der Waals surface area (Å²) in [7, 11) is 0. The molecule has 0 radical (unpaired) electrons. The van der Waals surface area contributed by atoms with Gasteiger partial charge in [0.1, 0.15) is 23.0 Å². The molecule has 4 aromatic rings. The van der Waals surface area contributed by atoms with Crippen LogP contribution in [0, 0.1) is 0 Å². The van der Waals surface area contributed by atoms with Gasteiger partial charge in [0.25, 0.3) is 0 Å². The predicted molar refractivity (Wildman–Crippen MR) is 202 cm³/mol. The van der Waals surface area contributed by atoms with E-state index in [9.17, 15) is 36.7 Å². The number of carbonyl (C=O) groups is 4. The average molecular weight is 777 g/mol. The van der Waals surface area contributed by atoms with Crippen molar-refractivity contribution < 1.29 is 55.7 Å². The van der Waals surface area contributed by atoms with E-state index in [4.69, 9.17) is 18.9 Å². The highest BCUT2D eigenvalue weighted by Gasteiger charge is 2.27. The topological polar surface area (TPSA) is 105 Å². The van der Waals surface area contributed by atoms with Crippen LogP contribution in [0.3, 0.4) is 0 Å². The van der Waals surface area contributed by atoms with Crippen molar-refractivity contribution in [3.05, 3.63) is 115 Å². The summed E-state index contributed by atoms with van der Waals surface area (Å²) in [6.07, 6.45) is 1.70. The van der Waals surface area contributed by atoms with Crippen molar-refractivity contribution >= 4 is 24.1 Å². The molecule has 0 atom stereocenters. The second-order valence-electron chi connectivity index (χ2n) is 13.7. The molecule has 0 fully saturated rings. The number of rotatable bonds is 16. The summed E-state index contributed by atoms with van der Waals surface area (Å²) < 4.78 is 84.0. The third kappa shape index (κ3) is 9.64. The summed E-state index contributed by atoms with van der Waals surface area (Å²) in [4.78, 5) is 49.6. The van der Waals surface area contributed by atoms with Gasteiger partial charge in [-0.25, -0.2) is 0 Å². The van der Waals surface area contributed by atoms with Gasteiger partial charge in [0, 0.05) is 25.7 Å². The summed E-state index contributed by atoms with van der Waals surface area (Å²) in [6, 6.07) is 3.53. The van der Waals surface area contributed by atoms with Crippen LogP contribution in [0.5, 0.6) is 23.0 Å². The molecule has 8 bridgehead atoms. The number of benzene rings is 4. The Morgan fingerprint density at radius 1 is 0.375 bits per heavy atom. The molecule has 1 aliphatic rings. The first-order valence-corrected chi connectivity index (χ1v) is 18.8. The quantitative estimate of drug-likeness (QED) is 0.0721. The Morgan fingerprint density at radius 2 is 0.536 bits per heavy atom. The molecule has 0 heterocycles. The number of ether oxygens (including phenoxy) is 4. The molecule has 1 aliphatic carbocycles. The fourth-order valence-electron chi connectivity index (χ4n) is 6.90. The zero-order valence-electron chi connectivity index (χ0n) is 31.9. The lowest BCUT2D eigenvalue weighted by molar-refractivity contribution is 0.0826. The standard InChI is InChI=1S/C44H44F4O8/c1-5-9-53-37-25-13-27-19-34(42(46)50)21-29(38(27)54-10-6-2)15-31-23-36(44(48)52)24-32(40(31)56-12-8-4)16-30-22-35(43(47)51)20-28(39(30)55-11-7-3)14-26(37)18-33(17-25)41(45)49/h17-24H,5-16H2,1-4H3. The van der Waals surface area contributed by atoms with Crippen molar-refractivity contribution in [1.29, 1.82) is 0 Å². The highest BCUT2D eigenvalue weighted by Crippen LogP contribution is 2.41. The Morgan fingerprint density at radius 3 is 0.661 bits per heavy atom. The van der Waals surface area contributed by atoms with Gasteiger partial charge < -0.3 is 18.9 Å². The van der Waals surface area contributed by atoms with E-state index in [1.54, 1.807) is 0 Å². The van der Waals surface area contributed by atoms with Gasteiger partial charge in [0.2, 0.25) is 0 Å². The molecular formula is C44H44F4O8. The minimum atomic E-state index is -1.74. The number of carbonyl (C=O) groups excluding carboxylic acids is 4. The minimum absolute atomic E-state index is 0.138. The predicted octanol–water partition coefficient (Wildman–Crippen LogP) is 9.96. The molecule has 0 unspecified atom stereocenters. The highest BCUT2D eigenvalue weighted by molar-refractivity contribution is 5.92. The van der Waals surface area contributed by atoms with Crippen molar-refractivity contribution in [3.63, 3.8) is 0 Å². The van der Waals surface area contributed by atoms with Crippen LogP contribution in [0.2, 0.25) is 0 Å². The van der Waals surface area contributed by atoms with Crippen LogP contribution in [0.25, 0.3) is 0 Å². The first kappa shape index (κ1) is 41.6. The summed E-state index contributed by atoms with van der Waals surface area (Å²) in [5, 5.41) is 0. The van der Waals surface area contributed by atoms with Gasteiger partial charge in [-0.15, -0.1) is 0 Å². The Hall–Kier alpha value is -5.52. The van der Waals surface area contributed by atoms with Crippen LogP contribution in [-0.2, 0) is 25.7 Å². The van der Waals surface area contributed by atoms with Gasteiger partial charge in [0.05, 0.1) is 48.7 Å². The molecule has 296 valence electrons. The monoisotopic (exact) mass is 776 g/mol. The highest BCUT2D eigenvalue weighted by atomic mass is 19.1. The van der Waals surface area contributed by atoms with E-state index in [1.165, 1.54) is 48.5 Å². The normalized spacial score (nSPS) is 12.1. The molecule has 0 spiro atoms. The van der Waals surface area contributed by atoms with Gasteiger partial charge >= 0.3 is 24.1 Å². The van der Waals surface area contributed by atoms with E-state index in [-0.39, 0.29) is 97.4 Å². The maximum Gasteiger partial charge on any atom is 0.332 e. The van der Waals surface area contributed by atoms with Gasteiger partial charge in [-0.1, -0.05) is 27.7 Å². The maximum atomic E-state index is 14.7. The first-order valence-electron chi connectivity index (χ1n) is 18.8. The zero-order valence-corrected chi connectivity index (χ0v) is 31.9. The van der Waals surface area contributed by atoms with Crippen LogP contribution < -0.4 is 18.9 Å². The summed E-state index contributed by atoms with van der Waals surface area (Å²) >= 11 is 0. The lowest BCUT2D eigenvalue weighted by atomic mass is 9.88. The molecule has 0 aliphatic heterocycles. The molecule has 0 N–H and O–H groups in total. The first-order chi connectivity index (χ1) is 26.9. The molecular weight excluding hydrogens is 732 g/mol. The minimum Gasteiger partial charge on any atom is -0.493 e. The number of hydrogen-bond donors (Lipinski definition) is 0. The molecule has 12 heteroatoms. The van der Waals surface area contributed by atoms with E-state index >= 15 is 0 Å². The van der Waals surface area contributed by atoms with Crippen LogP contribution >= 0.6 is 0 Å². The van der Waals surface area contributed by atoms with Crippen molar-refractivity contribution in [2.24, 2.45) is 0 Å². The Kier molecular flexibility index (Phi) is 14.0. The molecule has 5 rings (SSSR count). The molecule has 0 saturated heterocycles. The number of fused-ring (bicyclic) bond motifs is 8. The van der Waals surface area contributed by atoms with Crippen LogP contribution in [0.4, 0.5) is 17.6 Å². The Balaban J connectivity index is 1.97. The Labute approximate surface area is 323 Å². The van der Waals surface area contributed by atoms with Crippen molar-refractivity contribution in [2.75, 3.05) is 26.4 Å². The van der Waals surface area contributed by atoms with Gasteiger partial charge in [-0.2, -0.15) is 17.6 Å². The van der Waals surface area contributed by atoms with E-state index < -0.39 is 24.1 Å². The van der Waals surface area contributed by atoms with Crippen molar-refractivity contribution in [1.82, 2.24) is 0 Å². The third-order valence-corrected chi connectivity index (χ3v) is 9.20. The van der Waals surface area contributed by atoms with Crippen LogP contribution in [-0.4, -0.2) is 50.6 Å².